The quantitative estimate of drug-likeness (QED) is 0.906. The van der Waals surface area contributed by atoms with Gasteiger partial charge in [-0.15, -0.1) is 0 Å². The van der Waals surface area contributed by atoms with Crippen LogP contribution in [0.1, 0.15) is 34.3 Å². The van der Waals surface area contributed by atoms with Crippen molar-refractivity contribution in [2.75, 3.05) is 20.8 Å². The van der Waals surface area contributed by atoms with E-state index in [1.54, 1.807) is 14.2 Å². The van der Waals surface area contributed by atoms with Gasteiger partial charge in [0.1, 0.15) is 0 Å². The smallest absolute Gasteiger partial charge is 0.252 e. The normalized spacial score (nSPS) is 18.8. The highest BCUT2D eigenvalue weighted by molar-refractivity contribution is 6.34. The lowest BCUT2D eigenvalue weighted by Gasteiger charge is -2.30. The average Bonchev–Trinajstić information content (AvgIpc) is 3.17. The molecule has 1 fully saturated rings. The summed E-state index contributed by atoms with van der Waals surface area (Å²) >= 11 is 6.49. The second-order valence-electron chi connectivity index (χ2n) is 5.22. The van der Waals surface area contributed by atoms with E-state index in [0.29, 0.717) is 28.6 Å². The van der Waals surface area contributed by atoms with Gasteiger partial charge in [0.15, 0.2) is 11.5 Å². The molecule has 0 saturated heterocycles. The topological polar surface area (TPSA) is 47.6 Å². The third kappa shape index (κ3) is 1.56. The SMILES string of the molecule is COc1c(C)c2c(c(Cl)c1OC)C1(CC1)CNC2=O. The van der Waals surface area contributed by atoms with Gasteiger partial charge in [0.05, 0.1) is 24.8 Å². The number of hydrogen-bond donors (Lipinski definition) is 1. The number of fused-ring (bicyclic) bond motifs is 2. The molecule has 1 spiro atoms. The molecule has 1 aliphatic heterocycles. The van der Waals surface area contributed by atoms with Crippen molar-refractivity contribution in [3.63, 3.8) is 0 Å². The van der Waals surface area contributed by atoms with Gasteiger partial charge >= 0.3 is 0 Å². The van der Waals surface area contributed by atoms with Gasteiger partial charge in [-0.2, -0.15) is 0 Å². The Labute approximate surface area is 117 Å². The van der Waals surface area contributed by atoms with Gasteiger partial charge in [-0.3, -0.25) is 4.79 Å². The molecule has 0 bridgehead atoms. The van der Waals surface area contributed by atoms with Crippen molar-refractivity contribution >= 4 is 17.5 Å². The maximum atomic E-state index is 12.2. The van der Waals surface area contributed by atoms with Crippen LogP contribution in [0.25, 0.3) is 0 Å². The maximum Gasteiger partial charge on any atom is 0.252 e. The summed E-state index contributed by atoms with van der Waals surface area (Å²) in [4.78, 5) is 12.2. The van der Waals surface area contributed by atoms with Gasteiger partial charge in [-0.05, 0) is 25.3 Å². The highest BCUT2D eigenvalue weighted by Gasteiger charge is 2.51. The van der Waals surface area contributed by atoms with E-state index in [0.717, 1.165) is 24.0 Å². The van der Waals surface area contributed by atoms with Crippen LogP contribution in [0.15, 0.2) is 0 Å². The number of hydrogen-bond acceptors (Lipinski definition) is 3. The maximum absolute atomic E-state index is 12.2. The van der Waals surface area contributed by atoms with Crippen LogP contribution in [0, 0.1) is 6.92 Å². The lowest BCUT2D eigenvalue weighted by molar-refractivity contribution is 0.0936. The first-order valence-corrected chi connectivity index (χ1v) is 6.66. The van der Waals surface area contributed by atoms with E-state index in [4.69, 9.17) is 21.1 Å². The number of benzene rings is 1. The number of rotatable bonds is 2. The Kier molecular flexibility index (Phi) is 2.68. The fourth-order valence-corrected chi connectivity index (χ4v) is 3.47. The summed E-state index contributed by atoms with van der Waals surface area (Å²) in [6, 6.07) is 0. The lowest BCUT2D eigenvalue weighted by atomic mass is 9.84. The molecule has 1 aromatic rings. The summed E-state index contributed by atoms with van der Waals surface area (Å²) in [6.45, 7) is 2.53. The van der Waals surface area contributed by atoms with Crippen LogP contribution in [0.4, 0.5) is 0 Å². The molecule has 0 unspecified atom stereocenters. The minimum absolute atomic E-state index is 0.00460. The van der Waals surface area contributed by atoms with E-state index < -0.39 is 0 Å². The minimum atomic E-state index is -0.0760. The number of carbonyl (C=O) groups excluding carboxylic acids is 1. The Bertz CT molecular complexity index is 579. The molecule has 5 heteroatoms. The first-order chi connectivity index (χ1) is 9.05. The van der Waals surface area contributed by atoms with Gasteiger partial charge in [0, 0.05) is 17.5 Å². The number of nitrogens with one attached hydrogen (secondary N) is 1. The third-order valence-electron chi connectivity index (χ3n) is 4.20. The van der Waals surface area contributed by atoms with Crippen molar-refractivity contribution < 1.29 is 14.3 Å². The summed E-state index contributed by atoms with van der Waals surface area (Å²) in [5.41, 5.74) is 2.40. The number of halogens is 1. The van der Waals surface area contributed by atoms with Gasteiger partial charge < -0.3 is 14.8 Å². The molecule has 4 nitrogen and oxygen atoms in total. The fourth-order valence-electron chi connectivity index (χ4n) is 3.01. The average molecular weight is 282 g/mol. The highest BCUT2D eigenvalue weighted by Crippen LogP contribution is 2.57. The Morgan fingerprint density at radius 2 is 1.84 bits per heavy atom. The monoisotopic (exact) mass is 281 g/mol. The molecule has 1 heterocycles. The van der Waals surface area contributed by atoms with E-state index in [1.165, 1.54) is 0 Å². The van der Waals surface area contributed by atoms with Crippen LogP contribution < -0.4 is 14.8 Å². The summed E-state index contributed by atoms with van der Waals surface area (Å²) in [5, 5.41) is 3.47. The number of ether oxygens (including phenoxy) is 2. The van der Waals surface area contributed by atoms with E-state index in [9.17, 15) is 4.79 Å². The molecule has 1 saturated carbocycles. The summed E-state index contributed by atoms with van der Waals surface area (Å²) in [7, 11) is 3.12. The second kappa shape index (κ2) is 4.04. The van der Waals surface area contributed by atoms with Crippen molar-refractivity contribution in [2.45, 2.75) is 25.2 Å². The molecule has 0 aromatic heterocycles. The van der Waals surface area contributed by atoms with Crippen molar-refractivity contribution in [1.82, 2.24) is 5.32 Å². The van der Waals surface area contributed by atoms with Crippen molar-refractivity contribution in [3.05, 3.63) is 21.7 Å². The number of carbonyl (C=O) groups is 1. The van der Waals surface area contributed by atoms with Crippen molar-refractivity contribution in [1.29, 1.82) is 0 Å². The number of amides is 1. The zero-order valence-electron chi connectivity index (χ0n) is 11.2. The first kappa shape index (κ1) is 12.6. The third-order valence-corrected chi connectivity index (χ3v) is 4.56. The van der Waals surface area contributed by atoms with Crippen LogP contribution in [0.3, 0.4) is 0 Å². The molecule has 1 aliphatic carbocycles. The lowest BCUT2D eigenvalue weighted by Crippen LogP contribution is -2.40. The van der Waals surface area contributed by atoms with Crippen LogP contribution in [-0.2, 0) is 5.41 Å². The van der Waals surface area contributed by atoms with Crippen molar-refractivity contribution in [2.24, 2.45) is 0 Å². The summed E-state index contributed by atoms with van der Waals surface area (Å²) in [6.07, 6.45) is 2.10. The van der Waals surface area contributed by atoms with Gasteiger partial charge in [0.2, 0.25) is 0 Å². The summed E-state index contributed by atoms with van der Waals surface area (Å²) < 4.78 is 10.7. The number of methoxy groups -OCH3 is 2. The second-order valence-corrected chi connectivity index (χ2v) is 5.60. The van der Waals surface area contributed by atoms with Crippen LogP contribution in [0.2, 0.25) is 5.02 Å². The van der Waals surface area contributed by atoms with Crippen LogP contribution in [0.5, 0.6) is 11.5 Å². The van der Waals surface area contributed by atoms with E-state index in [1.807, 2.05) is 6.92 Å². The molecule has 0 atom stereocenters. The van der Waals surface area contributed by atoms with E-state index in [-0.39, 0.29) is 11.3 Å². The Hall–Kier alpha value is -1.42. The standard InChI is InChI=1S/C14H16ClNO3/c1-7-8-9(10(15)12(19-3)11(7)18-2)14(4-5-14)6-16-13(8)17/h4-6H2,1-3H3,(H,16,17). The highest BCUT2D eigenvalue weighted by atomic mass is 35.5. The first-order valence-electron chi connectivity index (χ1n) is 6.28. The Balaban J connectivity index is 2.37. The molecule has 2 aliphatic rings. The summed E-state index contributed by atoms with van der Waals surface area (Å²) in [5.74, 6) is 0.994. The molecule has 3 rings (SSSR count). The molecule has 19 heavy (non-hydrogen) atoms. The fraction of sp³-hybridized carbons (Fsp3) is 0.500. The predicted octanol–water partition coefficient (Wildman–Crippen LogP) is 2.44. The molecule has 0 radical (unpaired) electrons. The molecule has 102 valence electrons. The van der Waals surface area contributed by atoms with Crippen LogP contribution >= 0.6 is 11.6 Å². The Morgan fingerprint density at radius 3 is 2.37 bits per heavy atom. The molecular weight excluding hydrogens is 266 g/mol. The van der Waals surface area contributed by atoms with Crippen molar-refractivity contribution in [3.8, 4) is 11.5 Å². The Morgan fingerprint density at radius 1 is 1.21 bits per heavy atom. The molecule has 1 aromatic carbocycles. The van der Waals surface area contributed by atoms with Crippen LogP contribution in [-0.4, -0.2) is 26.7 Å². The zero-order chi connectivity index (χ0) is 13.8. The van der Waals surface area contributed by atoms with Gasteiger partial charge in [-0.1, -0.05) is 11.6 Å². The van der Waals surface area contributed by atoms with E-state index >= 15 is 0 Å². The molecular formula is C14H16ClNO3. The minimum Gasteiger partial charge on any atom is -0.493 e. The molecule has 1 N–H and O–H groups in total. The van der Waals surface area contributed by atoms with E-state index in [2.05, 4.69) is 5.32 Å². The van der Waals surface area contributed by atoms with Gasteiger partial charge in [-0.25, -0.2) is 0 Å². The predicted molar refractivity (Wildman–Crippen MR) is 72.5 cm³/mol. The van der Waals surface area contributed by atoms with Gasteiger partial charge in [0.25, 0.3) is 5.91 Å². The zero-order valence-corrected chi connectivity index (χ0v) is 12.0. The largest absolute Gasteiger partial charge is 0.493 e. The molecule has 1 amide bonds.